The molecule has 0 saturated carbocycles. The summed E-state index contributed by atoms with van der Waals surface area (Å²) >= 11 is 1.55. The van der Waals surface area contributed by atoms with Gasteiger partial charge in [-0.25, -0.2) is 27.2 Å². The van der Waals surface area contributed by atoms with Crippen LogP contribution in [-0.2, 0) is 61.3 Å². The quantitative estimate of drug-likeness (QED) is 0.0426. The summed E-state index contributed by atoms with van der Waals surface area (Å²) in [5.41, 5.74) is 12.8. The number of amides is 4. The number of anilines is 3. The molecule has 4 amide bonds. The maximum atomic E-state index is 15.6. The summed E-state index contributed by atoms with van der Waals surface area (Å²) in [4.78, 5) is 83.6. The van der Waals surface area contributed by atoms with Gasteiger partial charge in [0.1, 0.15) is 42.4 Å². The zero-order valence-electron chi connectivity index (χ0n) is 45.4. The molecule has 2 aliphatic rings. The molecule has 0 aliphatic carbocycles. The molecule has 3 aromatic carbocycles. The van der Waals surface area contributed by atoms with E-state index in [1.165, 1.54) is 26.5 Å². The summed E-state index contributed by atoms with van der Waals surface area (Å²) in [5.74, 6) is -4.52. The van der Waals surface area contributed by atoms with Gasteiger partial charge >= 0.3 is 0 Å². The number of sulfone groups is 1. The summed E-state index contributed by atoms with van der Waals surface area (Å²) in [6.45, 7) is 6.95. The molecule has 0 radical (unpaired) electrons. The number of benzene rings is 3. The van der Waals surface area contributed by atoms with Crippen LogP contribution >= 0.6 is 11.3 Å². The van der Waals surface area contributed by atoms with Crippen molar-refractivity contribution in [2.75, 3.05) is 49.8 Å². The van der Waals surface area contributed by atoms with Gasteiger partial charge in [-0.3, -0.25) is 24.0 Å². The van der Waals surface area contributed by atoms with E-state index in [0.717, 1.165) is 34.2 Å². The van der Waals surface area contributed by atoms with Crippen molar-refractivity contribution in [3.63, 3.8) is 0 Å². The number of ether oxygens (including phenoxy) is 2. The molecule has 4 aromatic heterocycles. The molecule has 7 N–H and O–H groups in total. The van der Waals surface area contributed by atoms with Gasteiger partial charge in [0.05, 0.1) is 59.5 Å². The number of rotatable bonds is 19. The van der Waals surface area contributed by atoms with Crippen LogP contribution in [0.4, 0.5) is 26.0 Å². The van der Waals surface area contributed by atoms with E-state index in [0.29, 0.717) is 51.6 Å². The number of carbonyl (C=O) groups excluding carboxylic acids is 4. The standard InChI is InChI=1S/C57H62F2N10O10S2/c1-31-50(80-30-65-31)34-9-7-32(8-10-34)22-64-54(73)46-20-39(70)26-69(46)56(75)51(57(2,3)4)66-47(71)28-78-13-11-33-15-38(60)19-40(16-33)79-14-12-61-53(72)41-21-45-42(17-35(41)29-81(6,76)77)43-27-67(5)55(74)49-48(43)36(23-62-49)25-68(45)52-44(59)18-37(58)24-63-52/h7-10,15-19,21,23-24,27,30,39,46,51,62,70H,11-14,20,22,25-26,28-29,60H2,1-6H3,(H,61,72)(H,64,73)(H,66,71). The minimum Gasteiger partial charge on any atom is -0.492 e. The SMILES string of the molecule is Cc1ncsc1-c1ccc(CNC(=O)C2CC(O)CN2C(=O)C(NC(=O)COCCc2cc(N)cc(OCCNC(=O)c3cc4c(cc3CS(C)(=O)=O)-c3cn(C)c(=O)c5[nH]cc(c35)CN4c3ncc(F)cc3F)c2)C(C)(C)C)cc1. The second-order valence-electron chi connectivity index (χ2n) is 21.4. The van der Waals surface area contributed by atoms with E-state index >= 15 is 4.39 Å². The second-order valence-corrected chi connectivity index (χ2v) is 24.4. The van der Waals surface area contributed by atoms with Crippen LogP contribution in [0.1, 0.15) is 65.5 Å². The minimum atomic E-state index is -3.75. The number of fused-ring (bicyclic) bond motifs is 2. The topological polar surface area (TPSA) is 273 Å². The van der Waals surface area contributed by atoms with Crippen molar-refractivity contribution in [3.8, 4) is 27.3 Å². The minimum absolute atomic E-state index is 0.0410. The average Bonchev–Trinajstić information content (AvgIpc) is 3.67. The van der Waals surface area contributed by atoms with E-state index in [-0.39, 0.29) is 79.5 Å². The molecule has 3 atom stereocenters. The van der Waals surface area contributed by atoms with E-state index in [9.17, 15) is 41.9 Å². The van der Waals surface area contributed by atoms with Crippen molar-refractivity contribution in [3.05, 3.63) is 140 Å². The van der Waals surface area contributed by atoms with Crippen LogP contribution < -0.4 is 36.9 Å². The molecule has 7 aromatic rings. The lowest BCUT2D eigenvalue weighted by molar-refractivity contribution is -0.144. The number of aryl methyl sites for hydroxylation is 2. The summed E-state index contributed by atoms with van der Waals surface area (Å²) < 4.78 is 68.6. The molecule has 6 heterocycles. The Morgan fingerprint density at radius 2 is 1.77 bits per heavy atom. The Bertz CT molecular complexity index is 3750. The molecule has 81 heavy (non-hydrogen) atoms. The number of carbonyl (C=O) groups is 4. The Hall–Kier alpha value is -8.06. The van der Waals surface area contributed by atoms with Crippen molar-refractivity contribution >= 4 is 72.9 Å². The van der Waals surface area contributed by atoms with Crippen LogP contribution in [0.5, 0.6) is 5.75 Å². The number of H-pyrrole nitrogens is 1. The number of β-amino-alcohol motifs (C(OH)–C–C–N with tert-alkyl or cyclic N) is 1. The summed E-state index contributed by atoms with van der Waals surface area (Å²) in [6.07, 6.45) is 4.48. The average molecular weight is 1150 g/mol. The van der Waals surface area contributed by atoms with Crippen LogP contribution in [0.15, 0.2) is 89.6 Å². The lowest BCUT2D eigenvalue weighted by atomic mass is 9.85. The van der Waals surface area contributed by atoms with Crippen molar-refractivity contribution in [1.29, 1.82) is 0 Å². The summed E-state index contributed by atoms with van der Waals surface area (Å²) in [6, 6.07) is 14.4. The molecule has 20 nitrogen and oxygen atoms in total. The maximum Gasteiger partial charge on any atom is 0.274 e. The fourth-order valence-corrected chi connectivity index (χ4v) is 11.8. The number of thiazole rings is 1. The van der Waals surface area contributed by atoms with Crippen LogP contribution in [0, 0.1) is 24.0 Å². The van der Waals surface area contributed by atoms with Crippen molar-refractivity contribution < 1.29 is 51.0 Å². The molecule has 3 unspecified atom stereocenters. The normalized spacial score (nSPS) is 15.5. The van der Waals surface area contributed by atoms with Crippen LogP contribution in [0.3, 0.4) is 0 Å². The fourth-order valence-electron chi connectivity index (χ4n) is 10.2. The molecule has 24 heteroatoms. The highest BCUT2D eigenvalue weighted by Gasteiger charge is 2.44. The number of hydrogen-bond donors (Lipinski definition) is 6. The first-order valence-corrected chi connectivity index (χ1v) is 28.9. The van der Waals surface area contributed by atoms with E-state index in [1.54, 1.807) is 75.3 Å². The molecule has 0 bridgehead atoms. The number of pyridine rings is 2. The van der Waals surface area contributed by atoms with Crippen molar-refractivity contribution in [2.24, 2.45) is 12.5 Å². The van der Waals surface area contributed by atoms with Crippen LogP contribution in [0.25, 0.3) is 32.5 Å². The van der Waals surface area contributed by atoms with Gasteiger partial charge in [0, 0.05) is 85.1 Å². The second kappa shape index (κ2) is 23.6. The Morgan fingerprint density at radius 1 is 1.00 bits per heavy atom. The molecular formula is C57H62F2N10O10S2. The number of aromatic nitrogens is 4. The Morgan fingerprint density at radius 3 is 2.47 bits per heavy atom. The number of halogens is 2. The van der Waals surface area contributed by atoms with E-state index < -0.39 is 81.1 Å². The van der Waals surface area contributed by atoms with E-state index in [1.807, 2.05) is 31.2 Å². The zero-order chi connectivity index (χ0) is 58.1. The molecule has 1 saturated heterocycles. The number of aliphatic hydroxyl groups excluding tert-OH is 1. The van der Waals surface area contributed by atoms with Gasteiger partial charge in [-0.05, 0) is 70.8 Å². The summed E-state index contributed by atoms with van der Waals surface area (Å²) in [5, 5.41) is 19.6. The van der Waals surface area contributed by atoms with Crippen molar-refractivity contribution in [2.45, 2.75) is 77.6 Å². The van der Waals surface area contributed by atoms with Gasteiger partial charge in [-0.2, -0.15) is 0 Å². The number of nitrogen functional groups attached to an aromatic ring is 1. The largest absolute Gasteiger partial charge is 0.492 e. The number of aliphatic hydroxyl groups is 1. The molecule has 1 fully saturated rings. The van der Waals surface area contributed by atoms with Crippen molar-refractivity contribution in [1.82, 2.24) is 40.4 Å². The summed E-state index contributed by atoms with van der Waals surface area (Å²) in [7, 11) is -2.19. The Kier molecular flexibility index (Phi) is 16.8. The maximum absolute atomic E-state index is 15.6. The predicted molar refractivity (Wildman–Crippen MR) is 302 cm³/mol. The van der Waals surface area contributed by atoms with Gasteiger partial charge in [-0.15, -0.1) is 11.3 Å². The van der Waals surface area contributed by atoms with Gasteiger partial charge < -0.3 is 55.6 Å². The smallest absolute Gasteiger partial charge is 0.274 e. The first kappa shape index (κ1) is 57.6. The monoisotopic (exact) mass is 1150 g/mol. The lowest BCUT2D eigenvalue weighted by Crippen LogP contribution is -2.58. The van der Waals surface area contributed by atoms with E-state index in [4.69, 9.17) is 15.2 Å². The number of nitrogens with two attached hydrogens (primary N) is 1. The first-order chi connectivity index (χ1) is 38.4. The molecule has 0 spiro atoms. The number of nitrogens with zero attached hydrogens (tertiary/aromatic N) is 5. The lowest BCUT2D eigenvalue weighted by Gasteiger charge is -2.35. The van der Waals surface area contributed by atoms with E-state index in [2.05, 4.69) is 30.9 Å². The molecule has 426 valence electrons. The number of likely N-dealkylation sites (tertiary alicyclic amines) is 1. The Labute approximate surface area is 469 Å². The van der Waals surface area contributed by atoms with Gasteiger partial charge in [-0.1, -0.05) is 45.0 Å². The third-order valence-corrected chi connectivity index (χ3v) is 15.9. The highest BCUT2D eigenvalue weighted by molar-refractivity contribution is 7.89. The highest BCUT2D eigenvalue weighted by Crippen LogP contribution is 2.45. The number of hydrogen-bond acceptors (Lipinski definition) is 15. The number of aromatic amines is 1. The zero-order valence-corrected chi connectivity index (χ0v) is 47.0. The first-order valence-electron chi connectivity index (χ1n) is 26.0. The van der Waals surface area contributed by atoms with Crippen LogP contribution in [-0.4, -0.2) is 119 Å². The van der Waals surface area contributed by atoms with Gasteiger partial charge in [0.2, 0.25) is 17.7 Å². The van der Waals surface area contributed by atoms with Gasteiger partial charge in [0.15, 0.2) is 21.5 Å². The molecular weight excluding hydrogens is 1090 g/mol. The third-order valence-electron chi connectivity index (χ3n) is 14.1. The van der Waals surface area contributed by atoms with Crippen LogP contribution in [0.2, 0.25) is 0 Å². The van der Waals surface area contributed by atoms with Gasteiger partial charge in [0.25, 0.3) is 11.5 Å². The molecule has 2 aliphatic heterocycles. The predicted octanol–water partition coefficient (Wildman–Crippen LogP) is 5.59. The highest BCUT2D eigenvalue weighted by atomic mass is 32.2. The number of nitrogens with one attached hydrogen (secondary N) is 4. The fraction of sp³-hybridized carbons (Fsp3) is 0.351. The Balaban J connectivity index is 0.802. The molecule has 9 rings (SSSR count). The third kappa shape index (κ3) is 13.1.